The molecule has 1 amide bonds. The molecule has 128 valence electrons. The van der Waals surface area contributed by atoms with Crippen LogP contribution >= 0.6 is 15.9 Å². The maximum Gasteiger partial charge on any atom is 0.258 e. The number of carbonyl (C=O) groups is 1. The molecule has 2 rings (SSSR count). The van der Waals surface area contributed by atoms with Crippen LogP contribution in [0.5, 0.6) is 11.5 Å². The number of nitrogens with one attached hydrogen (secondary N) is 1. The van der Waals surface area contributed by atoms with Gasteiger partial charge in [0.2, 0.25) is 0 Å². The zero-order valence-corrected chi connectivity index (χ0v) is 15.7. The Morgan fingerprint density at radius 3 is 2.42 bits per heavy atom. The van der Waals surface area contributed by atoms with E-state index in [2.05, 4.69) is 21.2 Å². The quantitative estimate of drug-likeness (QED) is 0.767. The SMILES string of the molecule is Cc1cc(OCC(=O)NCc2ccc(OC(C)C)cc2)ccc1Br. The second-order valence-electron chi connectivity index (χ2n) is 5.79. The van der Waals surface area contributed by atoms with Crippen molar-refractivity contribution < 1.29 is 14.3 Å². The highest BCUT2D eigenvalue weighted by Gasteiger charge is 2.05. The Balaban J connectivity index is 1.77. The fourth-order valence-corrected chi connectivity index (χ4v) is 2.31. The average molecular weight is 392 g/mol. The summed E-state index contributed by atoms with van der Waals surface area (Å²) in [5.74, 6) is 1.35. The topological polar surface area (TPSA) is 47.6 Å². The van der Waals surface area contributed by atoms with Crippen LogP contribution < -0.4 is 14.8 Å². The summed E-state index contributed by atoms with van der Waals surface area (Å²) in [6.45, 7) is 6.41. The molecule has 0 aliphatic carbocycles. The van der Waals surface area contributed by atoms with E-state index in [9.17, 15) is 4.79 Å². The number of halogens is 1. The van der Waals surface area contributed by atoms with Crippen LogP contribution in [0.3, 0.4) is 0 Å². The van der Waals surface area contributed by atoms with Crippen molar-refractivity contribution >= 4 is 21.8 Å². The smallest absolute Gasteiger partial charge is 0.258 e. The minimum atomic E-state index is -0.155. The molecule has 5 heteroatoms. The maximum absolute atomic E-state index is 11.9. The Kier molecular flexibility index (Phi) is 6.67. The molecular formula is C19H22BrNO3. The summed E-state index contributed by atoms with van der Waals surface area (Å²) in [5, 5.41) is 2.84. The first-order valence-corrected chi connectivity index (χ1v) is 8.64. The zero-order valence-electron chi connectivity index (χ0n) is 14.1. The Bertz CT molecular complexity index is 684. The van der Waals surface area contributed by atoms with Crippen molar-refractivity contribution in [1.82, 2.24) is 5.32 Å². The lowest BCUT2D eigenvalue weighted by Gasteiger charge is -2.11. The number of ether oxygens (including phenoxy) is 2. The molecule has 2 aromatic rings. The predicted molar refractivity (Wildman–Crippen MR) is 98.4 cm³/mol. The van der Waals surface area contributed by atoms with E-state index in [0.29, 0.717) is 12.3 Å². The van der Waals surface area contributed by atoms with Crippen molar-refractivity contribution in [3.63, 3.8) is 0 Å². The van der Waals surface area contributed by atoms with Gasteiger partial charge in [0.25, 0.3) is 5.91 Å². The van der Waals surface area contributed by atoms with Gasteiger partial charge in [0.15, 0.2) is 6.61 Å². The zero-order chi connectivity index (χ0) is 17.5. The van der Waals surface area contributed by atoms with E-state index >= 15 is 0 Å². The summed E-state index contributed by atoms with van der Waals surface area (Å²) in [5.41, 5.74) is 2.08. The minimum absolute atomic E-state index is 0.00435. The molecule has 0 radical (unpaired) electrons. The molecule has 0 saturated heterocycles. The third-order valence-corrected chi connectivity index (χ3v) is 4.17. The first kappa shape index (κ1) is 18.3. The van der Waals surface area contributed by atoms with Gasteiger partial charge in [-0.3, -0.25) is 4.79 Å². The molecular weight excluding hydrogens is 370 g/mol. The van der Waals surface area contributed by atoms with Crippen molar-refractivity contribution in [2.24, 2.45) is 0 Å². The van der Waals surface area contributed by atoms with E-state index in [1.165, 1.54) is 0 Å². The van der Waals surface area contributed by atoms with Crippen LogP contribution in [0.4, 0.5) is 0 Å². The van der Waals surface area contributed by atoms with Gasteiger partial charge in [0, 0.05) is 11.0 Å². The monoisotopic (exact) mass is 391 g/mol. The second kappa shape index (κ2) is 8.73. The van der Waals surface area contributed by atoms with E-state index in [4.69, 9.17) is 9.47 Å². The first-order valence-electron chi connectivity index (χ1n) is 7.85. The molecule has 0 spiro atoms. The lowest BCUT2D eigenvalue weighted by Crippen LogP contribution is -2.28. The van der Waals surface area contributed by atoms with Crippen molar-refractivity contribution in [2.75, 3.05) is 6.61 Å². The summed E-state index contributed by atoms with van der Waals surface area (Å²) in [6, 6.07) is 13.3. The van der Waals surface area contributed by atoms with Crippen LogP contribution in [0, 0.1) is 6.92 Å². The predicted octanol–water partition coefficient (Wildman–Crippen LogP) is 4.24. The van der Waals surface area contributed by atoms with Gasteiger partial charge in [-0.25, -0.2) is 0 Å². The number of aryl methyl sites for hydroxylation is 1. The lowest BCUT2D eigenvalue weighted by molar-refractivity contribution is -0.123. The van der Waals surface area contributed by atoms with Gasteiger partial charge in [-0.1, -0.05) is 28.1 Å². The molecule has 2 aromatic carbocycles. The van der Waals surface area contributed by atoms with E-state index in [1.807, 2.05) is 63.2 Å². The minimum Gasteiger partial charge on any atom is -0.491 e. The van der Waals surface area contributed by atoms with Crippen LogP contribution in [0.1, 0.15) is 25.0 Å². The molecule has 0 aromatic heterocycles. The van der Waals surface area contributed by atoms with E-state index < -0.39 is 0 Å². The van der Waals surface area contributed by atoms with Crippen LogP contribution in [-0.2, 0) is 11.3 Å². The number of benzene rings is 2. The summed E-state index contributed by atoms with van der Waals surface area (Å²) in [6.07, 6.45) is 0.148. The van der Waals surface area contributed by atoms with Crippen LogP contribution in [0.15, 0.2) is 46.9 Å². The molecule has 1 N–H and O–H groups in total. The Hall–Kier alpha value is -2.01. The van der Waals surface area contributed by atoms with Crippen molar-refractivity contribution in [2.45, 2.75) is 33.4 Å². The van der Waals surface area contributed by atoms with Gasteiger partial charge in [0.05, 0.1) is 6.10 Å². The average Bonchev–Trinajstić information content (AvgIpc) is 2.55. The Morgan fingerprint density at radius 2 is 1.79 bits per heavy atom. The molecule has 0 fully saturated rings. The van der Waals surface area contributed by atoms with Gasteiger partial charge >= 0.3 is 0 Å². The molecule has 0 atom stereocenters. The molecule has 0 bridgehead atoms. The molecule has 0 heterocycles. The molecule has 0 saturated carbocycles. The molecule has 0 aliphatic heterocycles. The van der Waals surface area contributed by atoms with Crippen molar-refractivity contribution in [3.8, 4) is 11.5 Å². The van der Waals surface area contributed by atoms with Gasteiger partial charge in [-0.05, 0) is 62.2 Å². The molecule has 24 heavy (non-hydrogen) atoms. The number of hydrogen-bond donors (Lipinski definition) is 1. The van der Waals surface area contributed by atoms with Crippen LogP contribution in [0.2, 0.25) is 0 Å². The van der Waals surface area contributed by atoms with E-state index in [0.717, 1.165) is 21.3 Å². The Labute approximate surface area is 151 Å². The summed E-state index contributed by atoms with van der Waals surface area (Å²) < 4.78 is 12.1. The van der Waals surface area contributed by atoms with Gasteiger partial charge in [-0.15, -0.1) is 0 Å². The maximum atomic E-state index is 11.9. The summed E-state index contributed by atoms with van der Waals surface area (Å²) in [7, 11) is 0. The first-order chi connectivity index (χ1) is 11.4. The summed E-state index contributed by atoms with van der Waals surface area (Å²) >= 11 is 3.43. The van der Waals surface area contributed by atoms with Gasteiger partial charge in [0.1, 0.15) is 11.5 Å². The normalized spacial score (nSPS) is 10.5. The van der Waals surface area contributed by atoms with Crippen molar-refractivity contribution in [1.29, 1.82) is 0 Å². The van der Waals surface area contributed by atoms with E-state index in [1.54, 1.807) is 0 Å². The highest BCUT2D eigenvalue weighted by molar-refractivity contribution is 9.10. The fourth-order valence-electron chi connectivity index (χ4n) is 2.07. The molecule has 0 aliphatic rings. The third-order valence-electron chi connectivity index (χ3n) is 3.28. The van der Waals surface area contributed by atoms with Crippen LogP contribution in [0.25, 0.3) is 0 Å². The van der Waals surface area contributed by atoms with Crippen molar-refractivity contribution in [3.05, 3.63) is 58.1 Å². The second-order valence-corrected chi connectivity index (χ2v) is 6.64. The highest BCUT2D eigenvalue weighted by Crippen LogP contribution is 2.21. The number of carbonyl (C=O) groups excluding carboxylic acids is 1. The number of hydrogen-bond acceptors (Lipinski definition) is 3. The largest absolute Gasteiger partial charge is 0.491 e. The highest BCUT2D eigenvalue weighted by atomic mass is 79.9. The lowest BCUT2D eigenvalue weighted by atomic mass is 10.2. The summed E-state index contributed by atoms with van der Waals surface area (Å²) in [4.78, 5) is 11.9. The van der Waals surface area contributed by atoms with Gasteiger partial charge in [-0.2, -0.15) is 0 Å². The third kappa shape index (κ3) is 5.89. The van der Waals surface area contributed by atoms with E-state index in [-0.39, 0.29) is 18.6 Å². The number of amides is 1. The standard InChI is InChI=1S/C19H22BrNO3/c1-13(2)24-16-6-4-15(5-7-16)11-21-19(22)12-23-17-8-9-18(20)14(3)10-17/h4-10,13H,11-12H2,1-3H3,(H,21,22). The molecule has 4 nitrogen and oxygen atoms in total. The van der Waals surface area contributed by atoms with Gasteiger partial charge < -0.3 is 14.8 Å². The van der Waals surface area contributed by atoms with Crippen LogP contribution in [-0.4, -0.2) is 18.6 Å². The Morgan fingerprint density at radius 1 is 1.12 bits per heavy atom. The fraction of sp³-hybridized carbons (Fsp3) is 0.316. The molecule has 0 unspecified atom stereocenters. The number of rotatable bonds is 7.